The van der Waals surface area contributed by atoms with E-state index in [2.05, 4.69) is 27.7 Å². The summed E-state index contributed by atoms with van der Waals surface area (Å²) in [7, 11) is 0. The molecule has 0 rings (SSSR count). The van der Waals surface area contributed by atoms with E-state index in [1.807, 2.05) is 0 Å². The summed E-state index contributed by atoms with van der Waals surface area (Å²) in [6.45, 7) is 7.06. The van der Waals surface area contributed by atoms with Crippen molar-refractivity contribution in [2.45, 2.75) is 33.3 Å². The molecule has 0 aromatic heterocycles. The van der Waals surface area contributed by atoms with Crippen LogP contribution in [-0.4, -0.2) is 35.9 Å². The zero-order valence-electron chi connectivity index (χ0n) is 11.1. The van der Waals surface area contributed by atoms with E-state index in [0.29, 0.717) is 13.2 Å². The minimum Gasteiger partial charge on any atom is -0.456 e. The number of hydrogen-bond donors (Lipinski definition) is 1. The largest absolute Gasteiger partial charge is 0.456 e. The molecule has 0 unspecified atom stereocenters. The molecule has 1 N–H and O–H groups in total. The molecule has 0 saturated heterocycles. The van der Waals surface area contributed by atoms with Crippen LogP contribution in [0.3, 0.4) is 0 Å². The summed E-state index contributed by atoms with van der Waals surface area (Å²) in [4.78, 5) is 20.5. The Labute approximate surface area is 107 Å². The van der Waals surface area contributed by atoms with Gasteiger partial charge in [0.05, 0.1) is 13.2 Å². The molecule has 5 nitrogen and oxygen atoms in total. The highest BCUT2D eigenvalue weighted by molar-refractivity contribution is 5.88. The third-order valence-electron chi connectivity index (χ3n) is 1.14. The van der Waals surface area contributed by atoms with Gasteiger partial charge < -0.3 is 14.6 Å². The van der Waals surface area contributed by atoms with Crippen molar-refractivity contribution in [1.29, 1.82) is 0 Å². The highest BCUT2D eigenvalue weighted by atomic mass is 16.5. The first-order chi connectivity index (χ1) is 8.26. The van der Waals surface area contributed by atoms with Gasteiger partial charge in [-0.1, -0.05) is 5.92 Å². The molecule has 0 radical (unpaired) electrons. The number of terminal acetylenes is 1. The second-order valence-electron chi connectivity index (χ2n) is 3.39. The fraction of sp³-hybridized carbons (Fsp3) is 0.538. The van der Waals surface area contributed by atoms with Crippen LogP contribution in [-0.2, 0) is 19.1 Å². The Hall–Kier alpha value is -1.98. The van der Waals surface area contributed by atoms with Gasteiger partial charge in [-0.2, -0.15) is 0 Å². The zero-order chi connectivity index (χ0) is 14.6. The molecular weight excluding hydrogens is 236 g/mol. The van der Waals surface area contributed by atoms with Crippen molar-refractivity contribution in [3.63, 3.8) is 0 Å². The Balaban J connectivity index is 0. The molecule has 0 aliphatic heterocycles. The van der Waals surface area contributed by atoms with Crippen LogP contribution in [0.4, 0.5) is 0 Å². The van der Waals surface area contributed by atoms with E-state index >= 15 is 0 Å². The summed E-state index contributed by atoms with van der Waals surface area (Å²) >= 11 is 0. The second-order valence-corrected chi connectivity index (χ2v) is 3.39. The molecule has 0 aromatic carbocycles. The maximum atomic E-state index is 10.6. The maximum absolute atomic E-state index is 10.6. The zero-order valence-corrected chi connectivity index (χ0v) is 11.1. The Morgan fingerprint density at radius 3 is 1.89 bits per heavy atom. The van der Waals surface area contributed by atoms with Gasteiger partial charge in [0.2, 0.25) is 0 Å². The standard InChI is InChI=1S/C8H12O3.C5H6O2/c1-4-11-7(9)5-6-8(2,3)10;1-3-5(6)7-4-2/h10H,4H2,1-3H3;1H,4H2,2H3. The van der Waals surface area contributed by atoms with Crippen molar-refractivity contribution < 1.29 is 24.2 Å². The van der Waals surface area contributed by atoms with Gasteiger partial charge >= 0.3 is 11.9 Å². The van der Waals surface area contributed by atoms with Gasteiger partial charge in [0.15, 0.2) is 0 Å². The minimum absolute atomic E-state index is 0.305. The van der Waals surface area contributed by atoms with Gasteiger partial charge in [-0.3, -0.25) is 0 Å². The van der Waals surface area contributed by atoms with Gasteiger partial charge in [0, 0.05) is 11.8 Å². The van der Waals surface area contributed by atoms with Gasteiger partial charge in [0.1, 0.15) is 5.60 Å². The first-order valence-corrected chi connectivity index (χ1v) is 5.32. The number of carbonyl (C=O) groups excluding carboxylic acids is 2. The number of esters is 2. The molecule has 100 valence electrons. The fourth-order valence-electron chi connectivity index (χ4n) is 0.544. The lowest BCUT2D eigenvalue weighted by Crippen LogP contribution is -2.15. The third-order valence-corrected chi connectivity index (χ3v) is 1.14. The smallest absolute Gasteiger partial charge is 0.384 e. The van der Waals surface area contributed by atoms with Crippen LogP contribution in [0.2, 0.25) is 0 Å². The first-order valence-electron chi connectivity index (χ1n) is 5.32. The quantitative estimate of drug-likeness (QED) is 0.441. The summed E-state index contributed by atoms with van der Waals surface area (Å²) < 4.78 is 8.83. The van der Waals surface area contributed by atoms with Crippen molar-refractivity contribution in [3.05, 3.63) is 0 Å². The number of hydrogen-bond acceptors (Lipinski definition) is 5. The van der Waals surface area contributed by atoms with E-state index in [4.69, 9.17) is 5.11 Å². The molecule has 18 heavy (non-hydrogen) atoms. The Morgan fingerprint density at radius 2 is 1.61 bits per heavy atom. The molecule has 0 amide bonds. The van der Waals surface area contributed by atoms with Crippen LogP contribution in [0.15, 0.2) is 0 Å². The second kappa shape index (κ2) is 10.2. The lowest BCUT2D eigenvalue weighted by atomic mass is 10.1. The molecule has 0 saturated carbocycles. The maximum Gasteiger partial charge on any atom is 0.384 e. The molecule has 0 aromatic rings. The molecule has 0 atom stereocenters. The number of aliphatic hydroxyl groups is 1. The van der Waals surface area contributed by atoms with Crippen molar-refractivity contribution >= 4 is 11.9 Å². The average Bonchev–Trinajstić information content (AvgIpc) is 2.27. The van der Waals surface area contributed by atoms with E-state index in [9.17, 15) is 9.59 Å². The number of ether oxygens (including phenoxy) is 2. The minimum atomic E-state index is -1.13. The SMILES string of the molecule is C#CC(=O)OCC.CCOC(=O)C#CC(C)(C)O. The van der Waals surface area contributed by atoms with Crippen LogP contribution in [0, 0.1) is 24.2 Å². The Kier molecular flexibility index (Phi) is 10.4. The van der Waals surface area contributed by atoms with Crippen LogP contribution in [0.25, 0.3) is 0 Å². The number of carbonyl (C=O) groups is 2. The highest BCUT2D eigenvalue weighted by Crippen LogP contribution is 1.95. The fourth-order valence-corrected chi connectivity index (χ4v) is 0.544. The average molecular weight is 254 g/mol. The van der Waals surface area contributed by atoms with E-state index < -0.39 is 17.5 Å². The van der Waals surface area contributed by atoms with Gasteiger partial charge in [-0.15, -0.1) is 6.42 Å². The summed E-state index contributed by atoms with van der Waals surface area (Å²) in [5.74, 6) is 5.11. The summed E-state index contributed by atoms with van der Waals surface area (Å²) in [5, 5.41) is 9.05. The first kappa shape index (κ1) is 18.4. The van der Waals surface area contributed by atoms with Crippen LogP contribution < -0.4 is 0 Å². The van der Waals surface area contributed by atoms with E-state index in [0.717, 1.165) is 0 Å². The van der Waals surface area contributed by atoms with E-state index in [-0.39, 0.29) is 0 Å². The molecule has 0 aliphatic rings. The van der Waals surface area contributed by atoms with Crippen molar-refractivity contribution in [1.82, 2.24) is 0 Å². The van der Waals surface area contributed by atoms with Crippen LogP contribution >= 0.6 is 0 Å². The topological polar surface area (TPSA) is 72.8 Å². The molecule has 0 fully saturated rings. The van der Waals surface area contributed by atoms with Gasteiger partial charge in [-0.25, -0.2) is 9.59 Å². The summed E-state index contributed by atoms with van der Waals surface area (Å²) in [6.07, 6.45) is 4.63. The van der Waals surface area contributed by atoms with Crippen LogP contribution in [0.5, 0.6) is 0 Å². The Morgan fingerprint density at radius 1 is 1.17 bits per heavy atom. The molecule has 0 heterocycles. The van der Waals surface area contributed by atoms with Crippen molar-refractivity contribution in [2.24, 2.45) is 0 Å². The van der Waals surface area contributed by atoms with Crippen molar-refractivity contribution in [3.8, 4) is 24.2 Å². The van der Waals surface area contributed by atoms with E-state index in [1.165, 1.54) is 13.8 Å². The monoisotopic (exact) mass is 254 g/mol. The van der Waals surface area contributed by atoms with Crippen LogP contribution in [0.1, 0.15) is 27.7 Å². The van der Waals surface area contributed by atoms with Gasteiger partial charge in [-0.05, 0) is 27.7 Å². The lowest BCUT2D eigenvalue weighted by Gasteiger charge is -2.05. The molecule has 0 spiro atoms. The predicted molar refractivity (Wildman–Crippen MR) is 66.2 cm³/mol. The molecular formula is C13H18O5. The molecule has 0 bridgehead atoms. The van der Waals surface area contributed by atoms with E-state index in [1.54, 1.807) is 19.8 Å². The summed E-state index contributed by atoms with van der Waals surface area (Å²) in [5.41, 5.74) is -1.13. The predicted octanol–water partition coefficient (Wildman–Crippen LogP) is 0.506. The van der Waals surface area contributed by atoms with Gasteiger partial charge in [0.25, 0.3) is 0 Å². The number of rotatable bonds is 2. The normalized spacial score (nSPS) is 8.67. The highest BCUT2D eigenvalue weighted by Gasteiger charge is 2.06. The Bertz CT molecular complexity index is 360. The summed E-state index contributed by atoms with van der Waals surface area (Å²) in [6, 6.07) is 0. The third kappa shape index (κ3) is 16.4. The molecule has 5 heteroatoms. The van der Waals surface area contributed by atoms with Crippen molar-refractivity contribution in [2.75, 3.05) is 13.2 Å². The molecule has 0 aliphatic carbocycles. The lowest BCUT2D eigenvalue weighted by molar-refractivity contribution is -0.137.